The molecular formula is C36H42N4O5S. The van der Waals surface area contributed by atoms with Crippen molar-refractivity contribution in [2.45, 2.75) is 45.1 Å². The average molecular weight is 643 g/mol. The summed E-state index contributed by atoms with van der Waals surface area (Å²) >= 11 is 5.86. The number of benzene rings is 3. The van der Waals surface area contributed by atoms with Crippen molar-refractivity contribution in [1.82, 2.24) is 9.80 Å². The number of rotatable bonds is 13. The van der Waals surface area contributed by atoms with Crippen molar-refractivity contribution in [3.05, 3.63) is 90.0 Å². The van der Waals surface area contributed by atoms with Gasteiger partial charge in [0.1, 0.15) is 11.8 Å². The molecular weight excluding hydrogens is 600 g/mol. The Balaban J connectivity index is 1.21. The molecule has 46 heavy (non-hydrogen) atoms. The number of amides is 2. The van der Waals surface area contributed by atoms with Gasteiger partial charge >= 0.3 is 5.97 Å². The van der Waals surface area contributed by atoms with Gasteiger partial charge in [-0.3, -0.25) is 14.5 Å². The Kier molecular flexibility index (Phi) is 11.4. The predicted octanol–water partition coefficient (Wildman–Crippen LogP) is 5.55. The minimum absolute atomic E-state index is 0.0594. The van der Waals surface area contributed by atoms with Crippen LogP contribution in [0.4, 0.5) is 11.4 Å². The highest BCUT2D eigenvalue weighted by Gasteiger charge is 2.44. The van der Waals surface area contributed by atoms with Gasteiger partial charge in [-0.2, -0.15) is 0 Å². The van der Waals surface area contributed by atoms with Crippen molar-refractivity contribution in [3.63, 3.8) is 0 Å². The number of nitrogens with one attached hydrogen (secondary N) is 1. The van der Waals surface area contributed by atoms with Gasteiger partial charge in [-0.25, -0.2) is 4.79 Å². The summed E-state index contributed by atoms with van der Waals surface area (Å²) in [5, 5.41) is 3.26. The maximum atomic E-state index is 13.8. The number of carbonyl (C=O) groups is 3. The third-order valence-electron chi connectivity index (χ3n) is 8.66. The second kappa shape index (κ2) is 15.8. The summed E-state index contributed by atoms with van der Waals surface area (Å²) in [7, 11) is 1.59. The van der Waals surface area contributed by atoms with Gasteiger partial charge in [-0.1, -0.05) is 30.3 Å². The molecule has 3 aromatic carbocycles. The molecule has 3 aromatic rings. The number of methoxy groups -OCH3 is 1. The Hall–Kier alpha value is -4.28. The summed E-state index contributed by atoms with van der Waals surface area (Å²) in [6.07, 6.45) is 4.23. The molecule has 2 saturated heterocycles. The lowest BCUT2D eigenvalue weighted by Gasteiger charge is -2.33. The largest absolute Gasteiger partial charge is 0.497 e. The van der Waals surface area contributed by atoms with Gasteiger partial charge < -0.3 is 24.6 Å². The molecule has 242 valence electrons. The number of hydrogen-bond donors (Lipinski definition) is 1. The third kappa shape index (κ3) is 8.30. The van der Waals surface area contributed by atoms with Crippen LogP contribution in [0, 0.1) is 5.92 Å². The maximum Gasteiger partial charge on any atom is 0.338 e. The number of ether oxygens (including phenoxy) is 2. The minimum Gasteiger partial charge on any atom is -0.497 e. The molecule has 2 amide bonds. The van der Waals surface area contributed by atoms with Crippen LogP contribution in [0.25, 0.3) is 0 Å². The molecule has 1 N–H and O–H groups in total. The zero-order valence-corrected chi connectivity index (χ0v) is 27.3. The third-order valence-corrected chi connectivity index (χ3v) is 9.07. The molecule has 2 heterocycles. The van der Waals surface area contributed by atoms with E-state index in [4.69, 9.17) is 21.7 Å². The topological polar surface area (TPSA) is 91.4 Å². The van der Waals surface area contributed by atoms with E-state index in [0.29, 0.717) is 40.3 Å². The highest BCUT2D eigenvalue weighted by molar-refractivity contribution is 7.80. The van der Waals surface area contributed by atoms with Crippen molar-refractivity contribution >= 4 is 46.5 Å². The number of piperidine rings is 1. The van der Waals surface area contributed by atoms with Crippen LogP contribution in [0.3, 0.4) is 0 Å². The van der Waals surface area contributed by atoms with Crippen molar-refractivity contribution < 1.29 is 23.9 Å². The first-order chi connectivity index (χ1) is 22.4. The predicted molar refractivity (Wildman–Crippen MR) is 183 cm³/mol. The van der Waals surface area contributed by atoms with Gasteiger partial charge in [0.2, 0.25) is 5.91 Å². The van der Waals surface area contributed by atoms with E-state index in [0.717, 1.165) is 32.5 Å². The zero-order valence-electron chi connectivity index (χ0n) is 26.5. The normalized spacial score (nSPS) is 17.3. The Morgan fingerprint density at radius 3 is 2.28 bits per heavy atom. The summed E-state index contributed by atoms with van der Waals surface area (Å²) in [5.41, 5.74) is 2.97. The average Bonchev–Trinajstić information content (AvgIpc) is 3.30. The molecule has 2 aliphatic heterocycles. The molecule has 0 bridgehead atoms. The van der Waals surface area contributed by atoms with Crippen molar-refractivity contribution in [1.29, 1.82) is 0 Å². The quantitative estimate of drug-likeness (QED) is 0.192. The van der Waals surface area contributed by atoms with Crippen LogP contribution in [0.5, 0.6) is 5.75 Å². The summed E-state index contributed by atoms with van der Waals surface area (Å²) in [5.74, 6) is 0.411. The monoisotopic (exact) mass is 642 g/mol. The van der Waals surface area contributed by atoms with E-state index >= 15 is 0 Å². The highest BCUT2D eigenvalue weighted by Crippen LogP contribution is 2.29. The lowest BCUT2D eigenvalue weighted by molar-refractivity contribution is -0.124. The molecule has 5 rings (SSSR count). The first kappa shape index (κ1) is 33.1. The number of nitrogens with zero attached hydrogens (tertiary/aromatic N) is 3. The molecule has 0 saturated carbocycles. The van der Waals surface area contributed by atoms with Crippen LogP contribution in [0.2, 0.25) is 0 Å². The number of carbonyl (C=O) groups excluding carboxylic acids is 3. The number of thiocarbonyl (C=S) groups is 1. The van der Waals surface area contributed by atoms with E-state index in [1.807, 2.05) is 4.90 Å². The first-order valence-electron chi connectivity index (χ1n) is 16.0. The van der Waals surface area contributed by atoms with Gasteiger partial charge in [-0.05, 0) is 124 Å². The van der Waals surface area contributed by atoms with Crippen molar-refractivity contribution in [2.75, 3.05) is 50.1 Å². The van der Waals surface area contributed by atoms with E-state index in [9.17, 15) is 14.4 Å². The summed E-state index contributed by atoms with van der Waals surface area (Å²) < 4.78 is 10.3. The summed E-state index contributed by atoms with van der Waals surface area (Å²) in [6.45, 7) is 5.61. The smallest absolute Gasteiger partial charge is 0.338 e. The van der Waals surface area contributed by atoms with Gasteiger partial charge in [0.05, 0.1) is 31.4 Å². The van der Waals surface area contributed by atoms with E-state index in [1.165, 1.54) is 23.3 Å². The fraction of sp³-hybridized carbons (Fsp3) is 0.389. The standard InChI is InChI=1S/C36H42N4O5S/c1-3-45-35(43)28-10-12-29(13-11-28)37-33(41)25-32-34(42)40(30-14-16-31(44-2)17-15-30)36(46)39(32)21-7-20-38-22-18-27(19-23-38)24-26-8-5-4-6-9-26/h4-6,8-17,27,32H,3,7,18-25H2,1-2H3,(H,37,41). The molecule has 2 aliphatic rings. The number of likely N-dealkylation sites (tertiary alicyclic amines) is 1. The Morgan fingerprint density at radius 2 is 1.63 bits per heavy atom. The van der Waals surface area contributed by atoms with E-state index in [1.54, 1.807) is 62.6 Å². The highest BCUT2D eigenvalue weighted by atomic mass is 32.1. The van der Waals surface area contributed by atoms with Crippen LogP contribution in [-0.4, -0.2) is 78.6 Å². The maximum absolute atomic E-state index is 13.8. The van der Waals surface area contributed by atoms with Crippen LogP contribution >= 0.6 is 12.2 Å². The second-order valence-electron chi connectivity index (χ2n) is 11.7. The lowest BCUT2D eigenvalue weighted by Crippen LogP contribution is -2.40. The summed E-state index contributed by atoms with van der Waals surface area (Å²) in [6, 6.07) is 23.6. The Bertz CT molecular complexity index is 1490. The van der Waals surface area contributed by atoms with Crippen LogP contribution in [-0.2, 0) is 20.7 Å². The Labute approximate surface area is 276 Å². The van der Waals surface area contributed by atoms with Crippen LogP contribution < -0.4 is 15.0 Å². The van der Waals surface area contributed by atoms with E-state index in [-0.39, 0.29) is 24.8 Å². The molecule has 1 atom stereocenters. The minimum atomic E-state index is -0.731. The summed E-state index contributed by atoms with van der Waals surface area (Å²) in [4.78, 5) is 44.9. The molecule has 2 fully saturated rings. The van der Waals surface area contributed by atoms with Crippen LogP contribution in [0.1, 0.15) is 48.5 Å². The van der Waals surface area contributed by atoms with Gasteiger partial charge in [0.15, 0.2) is 5.11 Å². The van der Waals surface area contributed by atoms with E-state index in [2.05, 4.69) is 40.5 Å². The SMILES string of the molecule is CCOC(=O)c1ccc(NC(=O)CC2C(=O)N(c3ccc(OC)cc3)C(=S)N2CCCN2CCC(Cc3ccccc3)CC2)cc1. The molecule has 0 aromatic heterocycles. The molecule has 0 aliphatic carbocycles. The van der Waals surface area contributed by atoms with Crippen molar-refractivity contribution in [2.24, 2.45) is 5.92 Å². The fourth-order valence-corrected chi connectivity index (χ4v) is 6.59. The zero-order chi connectivity index (χ0) is 32.5. The second-order valence-corrected chi connectivity index (χ2v) is 12.1. The Morgan fingerprint density at radius 1 is 0.935 bits per heavy atom. The fourth-order valence-electron chi connectivity index (χ4n) is 6.17. The number of hydrogen-bond acceptors (Lipinski definition) is 7. The number of anilines is 2. The van der Waals surface area contributed by atoms with Crippen molar-refractivity contribution in [3.8, 4) is 5.75 Å². The molecule has 0 radical (unpaired) electrons. The van der Waals surface area contributed by atoms with Crippen LogP contribution in [0.15, 0.2) is 78.9 Å². The molecule has 9 nitrogen and oxygen atoms in total. The van der Waals surface area contributed by atoms with E-state index < -0.39 is 12.0 Å². The molecule has 10 heteroatoms. The molecule has 0 spiro atoms. The van der Waals surface area contributed by atoms with Gasteiger partial charge in [-0.15, -0.1) is 0 Å². The lowest BCUT2D eigenvalue weighted by atomic mass is 9.90. The van der Waals surface area contributed by atoms with Gasteiger partial charge in [0, 0.05) is 12.2 Å². The number of esters is 1. The van der Waals surface area contributed by atoms with Gasteiger partial charge in [0.25, 0.3) is 5.91 Å². The first-order valence-corrected chi connectivity index (χ1v) is 16.4. The molecule has 1 unspecified atom stereocenters.